The number of nitrogens with one attached hydrogen (secondary N) is 1. The number of carbonyl (C=O) groups excluding carboxylic acids is 2. The molecule has 5 nitrogen and oxygen atoms in total. The molecule has 2 heterocycles. The van der Waals surface area contributed by atoms with Gasteiger partial charge >= 0.3 is 0 Å². The van der Waals surface area contributed by atoms with Gasteiger partial charge in [-0.2, -0.15) is 0 Å². The van der Waals surface area contributed by atoms with E-state index in [1.807, 2.05) is 59.5 Å². The molecule has 0 unspecified atom stereocenters. The fourth-order valence-electron chi connectivity index (χ4n) is 5.25. The van der Waals surface area contributed by atoms with Crippen LogP contribution in [0.5, 0.6) is 0 Å². The molecule has 1 saturated heterocycles. The smallest absolute Gasteiger partial charge is 0.251 e. The molecular formula is C34H36BrN3O2S. The number of rotatable bonds is 12. The Bertz CT molecular complexity index is 1450. The van der Waals surface area contributed by atoms with Crippen molar-refractivity contribution in [3.05, 3.63) is 116 Å². The molecule has 1 aliphatic rings. The molecule has 0 aliphatic carbocycles. The highest BCUT2D eigenvalue weighted by atomic mass is 79.9. The molecule has 5 rings (SSSR count). The first kappa shape index (κ1) is 29.2. The molecule has 3 aromatic carbocycles. The largest absolute Gasteiger partial charge is 0.351 e. The van der Waals surface area contributed by atoms with Gasteiger partial charge in [0.2, 0.25) is 5.91 Å². The van der Waals surface area contributed by atoms with Crippen molar-refractivity contribution < 1.29 is 9.59 Å². The number of likely N-dealkylation sites (tertiary alicyclic amines) is 1. The van der Waals surface area contributed by atoms with Crippen molar-refractivity contribution in [2.75, 3.05) is 32.7 Å². The normalized spacial score (nSPS) is 13.3. The summed E-state index contributed by atoms with van der Waals surface area (Å²) in [5.74, 6) is 0.0612. The average Bonchev–Trinajstić information content (AvgIpc) is 3.71. The van der Waals surface area contributed by atoms with E-state index in [0.717, 1.165) is 52.8 Å². The maximum absolute atomic E-state index is 13.5. The molecule has 1 N–H and O–H groups in total. The van der Waals surface area contributed by atoms with Crippen molar-refractivity contribution in [1.82, 2.24) is 15.1 Å². The summed E-state index contributed by atoms with van der Waals surface area (Å²) in [7, 11) is 0. The zero-order valence-corrected chi connectivity index (χ0v) is 25.6. The fraction of sp³-hybridized carbons (Fsp3) is 0.294. The predicted molar refractivity (Wildman–Crippen MR) is 171 cm³/mol. The number of benzene rings is 3. The molecular weight excluding hydrogens is 594 g/mol. The Labute approximate surface area is 255 Å². The highest BCUT2D eigenvalue weighted by molar-refractivity contribution is 9.10. The molecule has 4 aromatic rings. The van der Waals surface area contributed by atoms with Crippen molar-refractivity contribution in [3.63, 3.8) is 0 Å². The van der Waals surface area contributed by atoms with E-state index >= 15 is 0 Å². The molecule has 7 heteroatoms. The van der Waals surface area contributed by atoms with Crippen LogP contribution in [0, 0.1) is 0 Å². The van der Waals surface area contributed by atoms with Gasteiger partial charge in [-0.05, 0) is 90.3 Å². The van der Waals surface area contributed by atoms with Gasteiger partial charge in [0, 0.05) is 41.1 Å². The van der Waals surface area contributed by atoms with Gasteiger partial charge in [-0.3, -0.25) is 9.59 Å². The summed E-state index contributed by atoms with van der Waals surface area (Å²) in [6.45, 7) is 5.00. The summed E-state index contributed by atoms with van der Waals surface area (Å²) in [4.78, 5) is 32.0. The van der Waals surface area contributed by atoms with Crippen LogP contribution < -0.4 is 5.32 Å². The molecule has 1 fully saturated rings. The van der Waals surface area contributed by atoms with E-state index in [4.69, 9.17) is 0 Å². The van der Waals surface area contributed by atoms with Crippen LogP contribution in [0.3, 0.4) is 0 Å². The standard InChI is InChI=1S/C34H36BrN3O2S/c35-32-14-2-1-9-29(32)24-33(39)38(19-15-31-13-7-21-41-31)25-26-8-5-10-27(22-26)28-11-6-12-30(23-28)34(40)36-16-20-37-17-3-4-18-37/h1-2,5-14,21-23H,3-4,15-20,24-25H2,(H,36,40). The van der Waals surface area contributed by atoms with Crippen LogP contribution in [0.4, 0.5) is 0 Å². The summed E-state index contributed by atoms with van der Waals surface area (Å²) in [6.07, 6.45) is 3.68. The molecule has 2 amide bonds. The second-order valence-electron chi connectivity index (χ2n) is 10.5. The zero-order valence-electron chi connectivity index (χ0n) is 23.2. The van der Waals surface area contributed by atoms with E-state index in [-0.39, 0.29) is 11.8 Å². The number of nitrogens with zero attached hydrogens (tertiary/aromatic N) is 2. The molecule has 0 bridgehead atoms. The van der Waals surface area contributed by atoms with Crippen LogP contribution in [0.1, 0.15) is 39.2 Å². The lowest BCUT2D eigenvalue weighted by atomic mass is 10.0. The van der Waals surface area contributed by atoms with E-state index in [0.29, 0.717) is 31.6 Å². The molecule has 0 atom stereocenters. The average molecular weight is 631 g/mol. The lowest BCUT2D eigenvalue weighted by molar-refractivity contribution is -0.131. The summed E-state index contributed by atoms with van der Waals surface area (Å²) < 4.78 is 0.952. The maximum atomic E-state index is 13.5. The zero-order chi connectivity index (χ0) is 28.4. The van der Waals surface area contributed by atoms with Crippen molar-refractivity contribution >= 4 is 39.1 Å². The monoisotopic (exact) mass is 629 g/mol. The lowest BCUT2D eigenvalue weighted by Crippen LogP contribution is -2.33. The number of amides is 2. The lowest BCUT2D eigenvalue weighted by Gasteiger charge is -2.23. The van der Waals surface area contributed by atoms with Crippen LogP contribution in [0.2, 0.25) is 0 Å². The third-order valence-corrected chi connectivity index (χ3v) is 9.24. The molecule has 1 aromatic heterocycles. The minimum atomic E-state index is -0.0420. The molecule has 0 spiro atoms. The second-order valence-corrected chi connectivity index (χ2v) is 12.4. The summed E-state index contributed by atoms with van der Waals surface area (Å²) >= 11 is 5.32. The van der Waals surface area contributed by atoms with E-state index < -0.39 is 0 Å². The minimum Gasteiger partial charge on any atom is -0.351 e. The summed E-state index contributed by atoms with van der Waals surface area (Å²) in [5.41, 5.74) is 4.74. The van der Waals surface area contributed by atoms with Crippen molar-refractivity contribution in [1.29, 1.82) is 0 Å². The fourth-order valence-corrected chi connectivity index (χ4v) is 6.38. The number of carbonyl (C=O) groups is 2. The summed E-state index contributed by atoms with van der Waals surface area (Å²) in [5, 5.41) is 5.15. The Morgan fingerprint density at radius 2 is 1.68 bits per heavy atom. The highest BCUT2D eigenvalue weighted by Gasteiger charge is 2.17. The van der Waals surface area contributed by atoms with E-state index in [1.165, 1.54) is 17.7 Å². The Morgan fingerprint density at radius 3 is 2.46 bits per heavy atom. The second kappa shape index (κ2) is 14.6. The van der Waals surface area contributed by atoms with Gasteiger partial charge in [-0.25, -0.2) is 0 Å². The minimum absolute atomic E-state index is 0.0420. The maximum Gasteiger partial charge on any atom is 0.251 e. The quantitative estimate of drug-likeness (QED) is 0.187. The van der Waals surface area contributed by atoms with E-state index in [2.05, 4.69) is 61.9 Å². The Kier molecular flexibility index (Phi) is 10.4. The highest BCUT2D eigenvalue weighted by Crippen LogP contribution is 2.24. The number of hydrogen-bond donors (Lipinski definition) is 1. The van der Waals surface area contributed by atoms with E-state index in [1.54, 1.807) is 11.3 Å². The van der Waals surface area contributed by atoms with Gasteiger partial charge in [0.05, 0.1) is 6.42 Å². The van der Waals surface area contributed by atoms with Crippen molar-refractivity contribution in [2.24, 2.45) is 0 Å². The molecule has 41 heavy (non-hydrogen) atoms. The number of hydrogen-bond acceptors (Lipinski definition) is 4. The van der Waals surface area contributed by atoms with Gasteiger partial charge in [0.15, 0.2) is 0 Å². The molecule has 0 radical (unpaired) electrons. The first-order valence-electron chi connectivity index (χ1n) is 14.3. The number of thiophene rings is 1. The molecule has 1 aliphatic heterocycles. The van der Waals surface area contributed by atoms with Crippen LogP contribution in [-0.4, -0.2) is 54.3 Å². The van der Waals surface area contributed by atoms with Crippen LogP contribution >= 0.6 is 27.3 Å². The third kappa shape index (κ3) is 8.38. The van der Waals surface area contributed by atoms with Gasteiger partial charge < -0.3 is 15.1 Å². The number of halogens is 1. The van der Waals surface area contributed by atoms with Crippen molar-refractivity contribution in [2.45, 2.75) is 32.2 Å². The van der Waals surface area contributed by atoms with Crippen LogP contribution in [-0.2, 0) is 24.2 Å². The van der Waals surface area contributed by atoms with Gasteiger partial charge in [0.25, 0.3) is 5.91 Å². The van der Waals surface area contributed by atoms with Gasteiger partial charge in [-0.15, -0.1) is 11.3 Å². The van der Waals surface area contributed by atoms with Crippen LogP contribution in [0.15, 0.2) is 94.8 Å². The molecule has 212 valence electrons. The topological polar surface area (TPSA) is 52.7 Å². The van der Waals surface area contributed by atoms with Gasteiger partial charge in [-0.1, -0.05) is 70.5 Å². The SMILES string of the molecule is O=C(NCCN1CCCC1)c1cccc(-c2cccc(CN(CCc3cccs3)C(=O)Cc3ccccc3Br)c2)c1. The Balaban J connectivity index is 1.28. The van der Waals surface area contributed by atoms with Crippen LogP contribution in [0.25, 0.3) is 11.1 Å². The first-order chi connectivity index (χ1) is 20.0. The van der Waals surface area contributed by atoms with Gasteiger partial charge in [0.1, 0.15) is 0 Å². The predicted octanol–water partition coefficient (Wildman–Crippen LogP) is 6.82. The van der Waals surface area contributed by atoms with E-state index in [9.17, 15) is 9.59 Å². The summed E-state index contributed by atoms with van der Waals surface area (Å²) in [6, 6.07) is 28.2. The molecule has 0 saturated carbocycles. The first-order valence-corrected chi connectivity index (χ1v) is 16.0. The third-order valence-electron chi connectivity index (χ3n) is 7.53. The Morgan fingerprint density at radius 1 is 0.902 bits per heavy atom. The Hall–Kier alpha value is -3.26. The van der Waals surface area contributed by atoms with Crippen molar-refractivity contribution in [3.8, 4) is 11.1 Å².